The van der Waals surface area contributed by atoms with E-state index in [2.05, 4.69) is 44.0 Å². The number of allylic oxidation sites excluding steroid dienone is 4. The number of amidine groups is 1. The van der Waals surface area contributed by atoms with Crippen molar-refractivity contribution in [1.29, 1.82) is 0 Å². The van der Waals surface area contributed by atoms with Crippen LogP contribution in [0.2, 0.25) is 0 Å². The van der Waals surface area contributed by atoms with Crippen LogP contribution in [0.15, 0.2) is 76.8 Å². The van der Waals surface area contributed by atoms with Crippen molar-refractivity contribution in [1.82, 2.24) is 0 Å². The summed E-state index contributed by atoms with van der Waals surface area (Å²) in [6.07, 6.45) is 13.1. The second-order valence-corrected chi connectivity index (χ2v) is 8.64. The van der Waals surface area contributed by atoms with Gasteiger partial charge in [0, 0.05) is 11.1 Å². The maximum absolute atomic E-state index is 13.3. The number of hydrogen-bond donors (Lipinski definition) is 2. The van der Waals surface area contributed by atoms with Crippen LogP contribution in [0.25, 0.3) is 11.1 Å². The third-order valence-electron chi connectivity index (χ3n) is 5.71. The van der Waals surface area contributed by atoms with Gasteiger partial charge in [0.05, 0.1) is 13.7 Å². The van der Waals surface area contributed by atoms with Gasteiger partial charge in [-0.2, -0.15) is 0 Å². The van der Waals surface area contributed by atoms with E-state index in [1.165, 1.54) is 30.5 Å². The Balaban J connectivity index is 0.00000118. The minimum Gasteiger partial charge on any atom is -0.496 e. The molecule has 0 spiro atoms. The Morgan fingerprint density at radius 3 is 2.28 bits per heavy atom. The second-order valence-electron chi connectivity index (χ2n) is 8.64. The Morgan fingerprint density at radius 1 is 1.06 bits per heavy atom. The van der Waals surface area contributed by atoms with Crippen LogP contribution in [0.1, 0.15) is 64.5 Å². The van der Waals surface area contributed by atoms with Crippen LogP contribution in [0.4, 0.5) is 4.39 Å². The number of nitrogens with zero attached hydrogens (tertiary/aromatic N) is 1. The fraction of sp³-hybridized carbons (Fsp3) is 0.387. The smallest absolute Gasteiger partial charge is 0.126 e. The fourth-order valence-electron chi connectivity index (χ4n) is 3.36. The van der Waals surface area contributed by atoms with E-state index in [9.17, 15) is 4.39 Å². The zero-order chi connectivity index (χ0) is 26.9. The van der Waals surface area contributed by atoms with Gasteiger partial charge in [0.15, 0.2) is 0 Å². The lowest BCUT2D eigenvalue weighted by Crippen LogP contribution is -2.16. The molecule has 0 fully saturated rings. The maximum Gasteiger partial charge on any atom is 0.126 e. The zero-order valence-electron chi connectivity index (χ0n) is 22.9. The molecule has 0 atom stereocenters. The van der Waals surface area contributed by atoms with E-state index in [-0.39, 0.29) is 5.82 Å². The molecule has 36 heavy (non-hydrogen) atoms. The molecule has 4 N–H and O–H groups in total. The van der Waals surface area contributed by atoms with Crippen LogP contribution < -0.4 is 16.2 Å². The number of aliphatic imine (C=N–C) groups is 1. The molecule has 0 amide bonds. The van der Waals surface area contributed by atoms with Gasteiger partial charge in [-0.15, -0.1) is 0 Å². The summed E-state index contributed by atoms with van der Waals surface area (Å²) in [5.74, 6) is 0.902. The van der Waals surface area contributed by atoms with Crippen LogP contribution in [0.5, 0.6) is 5.75 Å². The standard InChI is InChI=1S/C27H33FN2O.C4H11N/c1-6-8-9-19(3)10-11-21(7-2)18-30-27(29)25-16-23(17-26(31-5)20(25)4)22-12-14-24(28)15-13-22;1-2-3-4-5/h7,9-17H,6,8,18H2,1-5H3,(H2,29,30);2-5H2,1H3/b11-10-,19-9+,21-7+;. The summed E-state index contributed by atoms with van der Waals surface area (Å²) >= 11 is 0. The molecule has 0 unspecified atom stereocenters. The number of halogens is 1. The van der Waals surface area contributed by atoms with Crippen molar-refractivity contribution < 1.29 is 9.13 Å². The molecule has 4 nitrogen and oxygen atoms in total. The number of hydrogen-bond acceptors (Lipinski definition) is 3. The van der Waals surface area contributed by atoms with Gasteiger partial charge in [-0.3, -0.25) is 4.99 Å². The fourth-order valence-corrected chi connectivity index (χ4v) is 3.36. The highest BCUT2D eigenvalue weighted by molar-refractivity contribution is 6.00. The molecule has 0 aliphatic heterocycles. The Kier molecular flexibility index (Phi) is 14.8. The Labute approximate surface area is 217 Å². The van der Waals surface area contributed by atoms with Crippen molar-refractivity contribution >= 4 is 5.84 Å². The molecule has 2 aromatic rings. The first-order chi connectivity index (χ1) is 17.3. The molecule has 196 valence electrons. The van der Waals surface area contributed by atoms with Gasteiger partial charge < -0.3 is 16.2 Å². The van der Waals surface area contributed by atoms with Gasteiger partial charge in [0.25, 0.3) is 0 Å². The molecule has 0 aromatic heterocycles. The first-order valence-corrected chi connectivity index (χ1v) is 12.8. The van der Waals surface area contributed by atoms with E-state index in [1.54, 1.807) is 19.2 Å². The average molecular weight is 494 g/mol. The number of ether oxygens (including phenoxy) is 1. The number of benzene rings is 2. The lowest BCUT2D eigenvalue weighted by molar-refractivity contribution is 0.412. The minimum absolute atomic E-state index is 0.268. The highest BCUT2D eigenvalue weighted by atomic mass is 19.1. The quantitative estimate of drug-likeness (QED) is 0.193. The highest BCUT2D eigenvalue weighted by Crippen LogP contribution is 2.30. The van der Waals surface area contributed by atoms with E-state index < -0.39 is 0 Å². The molecule has 0 aliphatic rings. The summed E-state index contributed by atoms with van der Waals surface area (Å²) < 4.78 is 18.9. The first kappa shape index (κ1) is 30.9. The van der Waals surface area contributed by atoms with Crippen LogP contribution in [0.3, 0.4) is 0 Å². The molecule has 2 rings (SSSR count). The zero-order valence-corrected chi connectivity index (χ0v) is 22.9. The third-order valence-corrected chi connectivity index (χ3v) is 5.71. The van der Waals surface area contributed by atoms with E-state index in [0.717, 1.165) is 53.0 Å². The minimum atomic E-state index is -0.268. The van der Waals surface area contributed by atoms with E-state index in [4.69, 9.17) is 16.2 Å². The number of rotatable bonds is 11. The molecule has 2 aromatic carbocycles. The molecule has 0 radical (unpaired) electrons. The summed E-state index contributed by atoms with van der Waals surface area (Å²) in [5, 5.41) is 0. The Hall–Kier alpha value is -3.18. The van der Waals surface area contributed by atoms with E-state index in [0.29, 0.717) is 12.4 Å². The van der Waals surface area contributed by atoms with Crippen LogP contribution in [-0.2, 0) is 0 Å². The normalized spacial score (nSPS) is 12.5. The Morgan fingerprint density at radius 2 is 1.75 bits per heavy atom. The summed E-state index contributed by atoms with van der Waals surface area (Å²) in [5.41, 5.74) is 17.4. The number of unbranched alkanes of at least 4 members (excludes halogenated alkanes) is 2. The van der Waals surface area contributed by atoms with Gasteiger partial charge in [0.2, 0.25) is 0 Å². The number of nitrogens with two attached hydrogens (primary N) is 2. The van der Waals surface area contributed by atoms with Gasteiger partial charge >= 0.3 is 0 Å². The summed E-state index contributed by atoms with van der Waals surface area (Å²) in [6.45, 7) is 11.7. The monoisotopic (exact) mass is 493 g/mol. The van der Waals surface area contributed by atoms with Crippen molar-refractivity contribution in [2.45, 2.75) is 60.3 Å². The largest absolute Gasteiger partial charge is 0.496 e. The molecular formula is C31H44FN3O. The lowest BCUT2D eigenvalue weighted by Gasteiger charge is -2.14. The SMILES string of the molecule is CCCCN.C\C=C(/C=C\C(C)=C\CCC)CN=C(N)c1cc(-c2ccc(F)cc2)cc(OC)c1C. The van der Waals surface area contributed by atoms with Gasteiger partial charge in [-0.1, -0.05) is 68.7 Å². The molecule has 0 saturated heterocycles. The first-order valence-electron chi connectivity index (χ1n) is 12.8. The van der Waals surface area contributed by atoms with Crippen molar-refractivity contribution in [3.63, 3.8) is 0 Å². The molecule has 0 heterocycles. The Bertz CT molecular complexity index is 1050. The van der Waals surface area contributed by atoms with Crippen LogP contribution in [0, 0.1) is 12.7 Å². The predicted molar refractivity (Wildman–Crippen MR) is 154 cm³/mol. The average Bonchev–Trinajstić information content (AvgIpc) is 2.88. The van der Waals surface area contributed by atoms with Gasteiger partial charge in [0.1, 0.15) is 17.4 Å². The summed E-state index contributed by atoms with van der Waals surface area (Å²) in [7, 11) is 1.63. The molecule has 0 bridgehead atoms. The summed E-state index contributed by atoms with van der Waals surface area (Å²) in [6, 6.07) is 10.3. The molecule has 0 saturated carbocycles. The molecular weight excluding hydrogens is 449 g/mol. The molecule has 5 heteroatoms. The van der Waals surface area contributed by atoms with Crippen molar-refractivity contribution in [3.8, 4) is 16.9 Å². The van der Waals surface area contributed by atoms with Crippen LogP contribution in [-0.4, -0.2) is 26.0 Å². The number of methoxy groups -OCH3 is 1. The van der Waals surface area contributed by atoms with E-state index >= 15 is 0 Å². The van der Waals surface area contributed by atoms with Gasteiger partial charge in [-0.25, -0.2) is 4.39 Å². The third kappa shape index (κ3) is 10.6. The topological polar surface area (TPSA) is 73.6 Å². The van der Waals surface area contributed by atoms with Crippen molar-refractivity contribution in [2.24, 2.45) is 16.5 Å². The van der Waals surface area contributed by atoms with Crippen molar-refractivity contribution in [3.05, 3.63) is 88.8 Å². The van der Waals surface area contributed by atoms with Crippen molar-refractivity contribution in [2.75, 3.05) is 20.2 Å². The summed E-state index contributed by atoms with van der Waals surface area (Å²) in [4.78, 5) is 4.63. The van der Waals surface area contributed by atoms with Crippen LogP contribution >= 0.6 is 0 Å². The molecule has 0 aliphatic carbocycles. The highest BCUT2D eigenvalue weighted by Gasteiger charge is 2.12. The maximum atomic E-state index is 13.3. The lowest BCUT2D eigenvalue weighted by atomic mass is 9.98. The van der Waals surface area contributed by atoms with Gasteiger partial charge in [-0.05, 0) is 81.1 Å². The van der Waals surface area contributed by atoms with E-state index in [1.807, 2.05) is 32.1 Å². The second kappa shape index (κ2) is 17.3. The predicted octanol–water partition coefficient (Wildman–Crippen LogP) is 7.51.